The molecule has 1 aromatic heterocycles. The van der Waals surface area contributed by atoms with Gasteiger partial charge in [-0.25, -0.2) is 4.98 Å². The third kappa shape index (κ3) is 3.58. The van der Waals surface area contributed by atoms with Crippen LogP contribution in [0.5, 0.6) is 0 Å². The normalized spacial score (nSPS) is 11.8. The van der Waals surface area contributed by atoms with E-state index in [1.54, 1.807) is 31.4 Å². The largest absolute Gasteiger partial charge is 0.372 e. The fourth-order valence-corrected chi connectivity index (χ4v) is 1.33. The molecule has 0 saturated heterocycles. The fraction of sp³-hybridized carbons (Fsp3) is 0.545. The van der Waals surface area contributed by atoms with Crippen molar-refractivity contribution in [2.45, 2.75) is 19.9 Å². The van der Waals surface area contributed by atoms with Gasteiger partial charge in [-0.3, -0.25) is 9.78 Å². The lowest BCUT2D eigenvalue weighted by atomic mass is 10.3. The van der Waals surface area contributed by atoms with Crippen LogP contribution in [0.25, 0.3) is 0 Å². The van der Waals surface area contributed by atoms with E-state index in [1.807, 2.05) is 13.8 Å². The number of anilines is 2. The summed E-state index contributed by atoms with van der Waals surface area (Å²) in [5.74, 6) is 1.28. The molecule has 0 bridgehead atoms. The van der Waals surface area contributed by atoms with Gasteiger partial charge < -0.3 is 15.5 Å². The van der Waals surface area contributed by atoms with E-state index in [1.165, 1.54) is 0 Å². The molecule has 2 N–H and O–H groups in total. The lowest BCUT2D eigenvalue weighted by molar-refractivity contribution is -0.130. The van der Waals surface area contributed by atoms with Crippen molar-refractivity contribution in [2.24, 2.45) is 0 Å². The van der Waals surface area contributed by atoms with E-state index < -0.39 is 0 Å². The highest BCUT2D eigenvalue weighted by molar-refractivity contribution is 5.83. The summed E-state index contributed by atoms with van der Waals surface area (Å²) in [5, 5.41) is 5.92. The van der Waals surface area contributed by atoms with Crippen molar-refractivity contribution in [1.82, 2.24) is 14.9 Å². The molecule has 94 valence electrons. The van der Waals surface area contributed by atoms with Gasteiger partial charge in [0.2, 0.25) is 5.91 Å². The van der Waals surface area contributed by atoms with E-state index in [2.05, 4.69) is 20.6 Å². The molecule has 0 saturated carbocycles. The number of nitrogens with one attached hydrogen (secondary N) is 2. The minimum atomic E-state index is -0.318. The Morgan fingerprint density at radius 2 is 2.12 bits per heavy atom. The van der Waals surface area contributed by atoms with Crippen LogP contribution in [-0.2, 0) is 4.79 Å². The molecule has 0 aliphatic carbocycles. The molecule has 0 spiro atoms. The average molecular weight is 237 g/mol. The van der Waals surface area contributed by atoms with E-state index >= 15 is 0 Å². The van der Waals surface area contributed by atoms with Crippen LogP contribution in [-0.4, -0.2) is 47.5 Å². The van der Waals surface area contributed by atoms with Crippen molar-refractivity contribution in [3.8, 4) is 0 Å². The maximum atomic E-state index is 11.8. The predicted octanol–water partition coefficient (Wildman–Crippen LogP) is 0.797. The highest BCUT2D eigenvalue weighted by Gasteiger charge is 2.16. The Morgan fingerprint density at radius 3 is 2.71 bits per heavy atom. The van der Waals surface area contributed by atoms with Gasteiger partial charge in [0.1, 0.15) is 17.7 Å². The minimum absolute atomic E-state index is 0.0316. The molecule has 6 heteroatoms. The van der Waals surface area contributed by atoms with E-state index in [0.29, 0.717) is 18.2 Å². The Bertz CT molecular complexity index is 382. The number of rotatable bonds is 5. The zero-order valence-corrected chi connectivity index (χ0v) is 10.7. The summed E-state index contributed by atoms with van der Waals surface area (Å²) in [4.78, 5) is 21.8. The Labute approximate surface area is 101 Å². The number of carbonyl (C=O) groups excluding carboxylic acids is 1. The fourth-order valence-electron chi connectivity index (χ4n) is 1.33. The predicted molar refractivity (Wildman–Crippen MR) is 68.0 cm³/mol. The van der Waals surface area contributed by atoms with Crippen LogP contribution in [0.15, 0.2) is 12.4 Å². The summed E-state index contributed by atoms with van der Waals surface area (Å²) in [7, 11) is 3.55. The average Bonchev–Trinajstić information content (AvgIpc) is 2.37. The van der Waals surface area contributed by atoms with Gasteiger partial charge in [-0.05, 0) is 13.8 Å². The maximum Gasteiger partial charge on any atom is 0.244 e. The molecule has 1 heterocycles. The van der Waals surface area contributed by atoms with Crippen LogP contribution < -0.4 is 10.6 Å². The van der Waals surface area contributed by atoms with Gasteiger partial charge >= 0.3 is 0 Å². The molecule has 0 aromatic carbocycles. The van der Waals surface area contributed by atoms with Crippen molar-refractivity contribution in [3.63, 3.8) is 0 Å². The monoisotopic (exact) mass is 237 g/mol. The quantitative estimate of drug-likeness (QED) is 0.792. The molecular formula is C11H19N5O. The molecule has 1 amide bonds. The van der Waals surface area contributed by atoms with Gasteiger partial charge in [-0.15, -0.1) is 0 Å². The molecule has 0 aliphatic rings. The van der Waals surface area contributed by atoms with Crippen molar-refractivity contribution in [1.29, 1.82) is 0 Å². The lowest BCUT2D eigenvalue weighted by Gasteiger charge is -2.20. The van der Waals surface area contributed by atoms with Gasteiger partial charge in [-0.2, -0.15) is 0 Å². The SMILES string of the molecule is CCN(C)C(=O)C(C)Nc1cncc(NC)n1. The van der Waals surface area contributed by atoms with E-state index in [4.69, 9.17) is 0 Å². The topological polar surface area (TPSA) is 70.2 Å². The van der Waals surface area contributed by atoms with E-state index in [0.717, 1.165) is 0 Å². The molecule has 17 heavy (non-hydrogen) atoms. The van der Waals surface area contributed by atoms with Crippen molar-refractivity contribution >= 4 is 17.5 Å². The molecule has 0 aliphatic heterocycles. The molecule has 0 fully saturated rings. The Hall–Kier alpha value is -1.85. The number of amides is 1. The van der Waals surface area contributed by atoms with E-state index in [9.17, 15) is 4.79 Å². The molecule has 0 radical (unpaired) electrons. The molecule has 1 unspecified atom stereocenters. The van der Waals surface area contributed by atoms with Crippen LogP contribution >= 0.6 is 0 Å². The minimum Gasteiger partial charge on any atom is -0.372 e. The first-order valence-electron chi connectivity index (χ1n) is 5.59. The van der Waals surface area contributed by atoms with Gasteiger partial charge in [0.15, 0.2) is 0 Å². The number of aromatic nitrogens is 2. The molecule has 1 aromatic rings. The van der Waals surface area contributed by atoms with Crippen molar-refractivity contribution < 1.29 is 4.79 Å². The van der Waals surface area contributed by atoms with Gasteiger partial charge in [0, 0.05) is 20.6 Å². The lowest BCUT2D eigenvalue weighted by Crippen LogP contribution is -2.39. The molecule has 6 nitrogen and oxygen atoms in total. The van der Waals surface area contributed by atoms with Crippen LogP contribution in [0, 0.1) is 0 Å². The van der Waals surface area contributed by atoms with Crippen LogP contribution in [0.2, 0.25) is 0 Å². The highest BCUT2D eigenvalue weighted by atomic mass is 16.2. The Kier molecular flexibility index (Phi) is 4.68. The second-order valence-corrected chi connectivity index (χ2v) is 3.76. The Balaban J connectivity index is 2.67. The molecule has 1 atom stereocenters. The van der Waals surface area contributed by atoms with Crippen LogP contribution in [0.1, 0.15) is 13.8 Å². The first-order chi connectivity index (χ1) is 8.08. The first kappa shape index (κ1) is 13.2. The third-order valence-electron chi connectivity index (χ3n) is 2.48. The second-order valence-electron chi connectivity index (χ2n) is 3.76. The zero-order chi connectivity index (χ0) is 12.8. The molecular weight excluding hydrogens is 218 g/mol. The summed E-state index contributed by atoms with van der Waals surface area (Å²) < 4.78 is 0. The standard InChI is InChI=1S/C11H19N5O/c1-5-16(4)11(17)8(2)14-10-7-13-6-9(12-3)15-10/h6-8H,5H2,1-4H3,(H2,12,14,15). The summed E-state index contributed by atoms with van der Waals surface area (Å²) >= 11 is 0. The number of hydrogen-bond donors (Lipinski definition) is 2. The van der Waals surface area contributed by atoms with Gasteiger partial charge in [0.05, 0.1) is 12.4 Å². The number of hydrogen-bond acceptors (Lipinski definition) is 5. The summed E-state index contributed by atoms with van der Waals surface area (Å²) in [6.45, 7) is 4.43. The highest BCUT2D eigenvalue weighted by Crippen LogP contribution is 2.08. The maximum absolute atomic E-state index is 11.8. The number of likely N-dealkylation sites (N-methyl/N-ethyl adjacent to an activating group) is 1. The Morgan fingerprint density at radius 1 is 1.47 bits per heavy atom. The molecule has 1 rings (SSSR count). The summed E-state index contributed by atoms with van der Waals surface area (Å²) in [6, 6.07) is -0.318. The number of carbonyl (C=O) groups is 1. The van der Waals surface area contributed by atoms with Crippen LogP contribution in [0.3, 0.4) is 0 Å². The second kappa shape index (κ2) is 6.03. The first-order valence-corrected chi connectivity index (χ1v) is 5.59. The van der Waals surface area contributed by atoms with E-state index in [-0.39, 0.29) is 11.9 Å². The van der Waals surface area contributed by atoms with Crippen molar-refractivity contribution in [3.05, 3.63) is 12.4 Å². The smallest absolute Gasteiger partial charge is 0.244 e. The van der Waals surface area contributed by atoms with Crippen LogP contribution in [0.4, 0.5) is 11.6 Å². The van der Waals surface area contributed by atoms with Crippen molar-refractivity contribution in [2.75, 3.05) is 31.3 Å². The third-order valence-corrected chi connectivity index (χ3v) is 2.48. The summed E-state index contributed by atoms with van der Waals surface area (Å²) in [6.07, 6.45) is 3.21. The van der Waals surface area contributed by atoms with Gasteiger partial charge in [-0.1, -0.05) is 0 Å². The van der Waals surface area contributed by atoms with Gasteiger partial charge in [0.25, 0.3) is 0 Å². The zero-order valence-electron chi connectivity index (χ0n) is 10.7. The number of nitrogens with zero attached hydrogens (tertiary/aromatic N) is 3. The summed E-state index contributed by atoms with van der Waals surface area (Å²) in [5.41, 5.74) is 0.